The monoisotopic (exact) mass is 488 g/mol. The molecule has 1 aliphatic heterocycles. The van der Waals surface area contributed by atoms with Crippen LogP contribution in [0.15, 0.2) is 35.5 Å². The minimum atomic E-state index is -3.05. The first kappa shape index (κ1) is 22.9. The predicted molar refractivity (Wildman–Crippen MR) is 129 cm³/mol. The van der Waals surface area contributed by atoms with Gasteiger partial charge in [-0.2, -0.15) is 0 Å². The lowest BCUT2D eigenvalue weighted by Gasteiger charge is -2.38. The van der Waals surface area contributed by atoms with E-state index in [1.807, 2.05) is 23.1 Å². The van der Waals surface area contributed by atoms with E-state index in [9.17, 15) is 13.2 Å². The van der Waals surface area contributed by atoms with Crippen LogP contribution in [0.2, 0.25) is 0 Å². The van der Waals surface area contributed by atoms with Gasteiger partial charge < -0.3 is 9.47 Å². The molecule has 1 atom stereocenters. The largest absolute Gasteiger partial charge is 0.335 e. The normalized spacial score (nSPS) is 23.0. The molecular weight excluding hydrogens is 456 g/mol. The summed E-state index contributed by atoms with van der Waals surface area (Å²) in [6.07, 6.45) is 8.21. The molecule has 5 rings (SSSR count). The highest BCUT2D eigenvalue weighted by atomic mass is 32.2. The average Bonchev–Trinajstić information content (AvgIpc) is 3.49. The molecular formula is C24H32N4O3S2. The quantitative estimate of drug-likeness (QED) is 0.528. The number of sulfone groups is 1. The SMILES string of the molecule is O=C(CSc1nnc(C2CC2)n1Cc1ccccc1)N(C1CCCCC1)[C@@H]1CCS(=O)(=O)C1. The Morgan fingerprint density at radius 2 is 1.76 bits per heavy atom. The Bertz CT molecular complexity index is 1080. The lowest BCUT2D eigenvalue weighted by atomic mass is 9.93. The standard InChI is InChI=1S/C24H32N4O3S2/c29-22(28(20-9-5-2-6-10-20)21-13-14-33(30,31)17-21)16-32-24-26-25-23(19-11-12-19)27(24)15-18-7-3-1-4-8-18/h1,3-4,7-8,19-21H,2,5-6,9-17H2/t21-/m1/s1. The number of carbonyl (C=O) groups is 1. The molecule has 2 saturated carbocycles. The first-order valence-electron chi connectivity index (χ1n) is 12.1. The van der Waals surface area contributed by atoms with Crippen LogP contribution in [0, 0.1) is 0 Å². The molecule has 3 fully saturated rings. The van der Waals surface area contributed by atoms with Crippen LogP contribution in [0.1, 0.15) is 68.7 Å². The van der Waals surface area contributed by atoms with E-state index in [1.165, 1.54) is 23.7 Å². The number of benzene rings is 1. The molecule has 7 nitrogen and oxygen atoms in total. The highest BCUT2D eigenvalue weighted by Crippen LogP contribution is 2.40. The number of rotatable bonds is 8. The second-order valence-corrected chi connectivity index (χ2v) is 12.8. The molecule has 1 aromatic heterocycles. The smallest absolute Gasteiger partial charge is 0.233 e. The maximum atomic E-state index is 13.5. The third-order valence-corrected chi connectivity index (χ3v) is 9.76. The first-order valence-corrected chi connectivity index (χ1v) is 14.9. The Morgan fingerprint density at radius 3 is 2.42 bits per heavy atom. The third kappa shape index (κ3) is 5.45. The molecule has 3 aliphatic rings. The minimum Gasteiger partial charge on any atom is -0.335 e. The Kier molecular flexibility index (Phi) is 6.79. The van der Waals surface area contributed by atoms with Crippen LogP contribution >= 0.6 is 11.8 Å². The van der Waals surface area contributed by atoms with Gasteiger partial charge in [0.2, 0.25) is 5.91 Å². The number of amides is 1. The van der Waals surface area contributed by atoms with E-state index >= 15 is 0 Å². The maximum absolute atomic E-state index is 13.5. The van der Waals surface area contributed by atoms with Crippen molar-refractivity contribution < 1.29 is 13.2 Å². The minimum absolute atomic E-state index is 0.0382. The molecule has 33 heavy (non-hydrogen) atoms. The molecule has 1 aromatic carbocycles. The van der Waals surface area contributed by atoms with Crippen LogP contribution in [0.4, 0.5) is 0 Å². The molecule has 0 bridgehead atoms. The molecule has 0 unspecified atom stereocenters. The lowest BCUT2D eigenvalue weighted by molar-refractivity contribution is -0.133. The van der Waals surface area contributed by atoms with Gasteiger partial charge in [-0.15, -0.1) is 10.2 Å². The molecule has 1 amide bonds. The molecule has 0 N–H and O–H groups in total. The van der Waals surface area contributed by atoms with Crippen molar-refractivity contribution >= 4 is 27.5 Å². The topological polar surface area (TPSA) is 85.2 Å². The average molecular weight is 489 g/mol. The summed E-state index contributed by atoms with van der Waals surface area (Å²) in [5.41, 5.74) is 1.19. The van der Waals surface area contributed by atoms with Gasteiger partial charge in [-0.3, -0.25) is 4.79 Å². The summed E-state index contributed by atoms with van der Waals surface area (Å²) in [6, 6.07) is 10.2. The number of thioether (sulfide) groups is 1. The lowest BCUT2D eigenvalue weighted by Crippen LogP contribution is -2.49. The summed E-state index contributed by atoms with van der Waals surface area (Å²) < 4.78 is 26.5. The van der Waals surface area contributed by atoms with Crippen molar-refractivity contribution in [2.45, 2.75) is 81.1 Å². The maximum Gasteiger partial charge on any atom is 0.233 e. The number of nitrogens with zero attached hydrogens (tertiary/aromatic N) is 4. The van der Waals surface area contributed by atoms with Gasteiger partial charge >= 0.3 is 0 Å². The number of carbonyl (C=O) groups excluding carboxylic acids is 1. The van der Waals surface area contributed by atoms with Crippen LogP contribution in [-0.4, -0.2) is 63.3 Å². The fraction of sp³-hybridized carbons (Fsp3) is 0.625. The molecule has 2 aliphatic carbocycles. The van der Waals surface area contributed by atoms with E-state index in [0.29, 0.717) is 18.9 Å². The second-order valence-electron chi connectivity index (χ2n) is 9.63. The van der Waals surface area contributed by atoms with Crippen LogP contribution in [-0.2, 0) is 21.2 Å². The molecule has 178 valence electrons. The highest BCUT2D eigenvalue weighted by molar-refractivity contribution is 7.99. The Morgan fingerprint density at radius 1 is 1.00 bits per heavy atom. The van der Waals surface area contributed by atoms with Gasteiger partial charge in [0.15, 0.2) is 15.0 Å². The Labute approximate surface area is 200 Å². The zero-order chi connectivity index (χ0) is 22.8. The zero-order valence-corrected chi connectivity index (χ0v) is 20.6. The second kappa shape index (κ2) is 9.78. The van der Waals surface area contributed by atoms with E-state index < -0.39 is 9.84 Å². The van der Waals surface area contributed by atoms with Gasteiger partial charge in [0, 0.05) is 18.0 Å². The fourth-order valence-corrected chi connectivity index (χ4v) is 7.75. The van der Waals surface area contributed by atoms with Gasteiger partial charge in [-0.25, -0.2) is 8.42 Å². The van der Waals surface area contributed by atoms with E-state index in [1.54, 1.807) is 0 Å². The molecule has 2 heterocycles. The summed E-state index contributed by atoms with van der Waals surface area (Å²) in [5.74, 6) is 2.09. The van der Waals surface area contributed by atoms with Crippen molar-refractivity contribution in [3.8, 4) is 0 Å². The number of hydrogen-bond donors (Lipinski definition) is 0. The van der Waals surface area contributed by atoms with E-state index in [0.717, 1.165) is 49.5 Å². The van der Waals surface area contributed by atoms with Crippen molar-refractivity contribution in [1.82, 2.24) is 19.7 Å². The molecule has 1 saturated heterocycles. The molecule has 0 spiro atoms. The van der Waals surface area contributed by atoms with Gasteiger partial charge in [0.1, 0.15) is 5.82 Å². The van der Waals surface area contributed by atoms with Gasteiger partial charge in [0.25, 0.3) is 0 Å². The zero-order valence-electron chi connectivity index (χ0n) is 18.9. The van der Waals surface area contributed by atoms with Crippen molar-refractivity contribution in [3.63, 3.8) is 0 Å². The summed E-state index contributed by atoms with van der Waals surface area (Å²) in [6.45, 7) is 0.698. The van der Waals surface area contributed by atoms with E-state index in [2.05, 4.69) is 26.9 Å². The van der Waals surface area contributed by atoms with Gasteiger partial charge in [-0.1, -0.05) is 61.4 Å². The molecule has 2 aromatic rings. The van der Waals surface area contributed by atoms with Crippen molar-refractivity contribution in [3.05, 3.63) is 41.7 Å². The molecule has 0 radical (unpaired) electrons. The molecule has 9 heteroatoms. The Hall–Kier alpha value is -1.87. The van der Waals surface area contributed by atoms with E-state index in [-0.39, 0.29) is 35.2 Å². The highest BCUT2D eigenvalue weighted by Gasteiger charge is 2.38. The number of hydrogen-bond acceptors (Lipinski definition) is 6. The summed E-state index contributed by atoms with van der Waals surface area (Å²) in [5, 5.41) is 9.69. The van der Waals surface area contributed by atoms with Crippen LogP contribution in [0.25, 0.3) is 0 Å². The van der Waals surface area contributed by atoms with Crippen LogP contribution in [0.5, 0.6) is 0 Å². The van der Waals surface area contributed by atoms with Crippen LogP contribution < -0.4 is 0 Å². The summed E-state index contributed by atoms with van der Waals surface area (Å²) in [7, 11) is -3.05. The number of aromatic nitrogens is 3. The fourth-order valence-electron chi connectivity index (χ4n) is 5.23. The predicted octanol–water partition coefficient (Wildman–Crippen LogP) is 3.64. The third-order valence-electron chi connectivity index (χ3n) is 7.05. The van der Waals surface area contributed by atoms with Crippen molar-refractivity contribution in [2.75, 3.05) is 17.3 Å². The summed E-state index contributed by atoms with van der Waals surface area (Å²) in [4.78, 5) is 15.4. The van der Waals surface area contributed by atoms with Gasteiger partial charge in [0.05, 0.1) is 23.8 Å². The summed E-state index contributed by atoms with van der Waals surface area (Å²) >= 11 is 1.44. The Balaban J connectivity index is 1.32. The van der Waals surface area contributed by atoms with Crippen LogP contribution in [0.3, 0.4) is 0 Å². The first-order chi connectivity index (χ1) is 16.0. The van der Waals surface area contributed by atoms with E-state index in [4.69, 9.17) is 0 Å². The van der Waals surface area contributed by atoms with Crippen molar-refractivity contribution in [1.29, 1.82) is 0 Å². The van der Waals surface area contributed by atoms with Crippen molar-refractivity contribution in [2.24, 2.45) is 0 Å². The van der Waals surface area contributed by atoms with Gasteiger partial charge in [-0.05, 0) is 37.7 Å².